The van der Waals surface area contributed by atoms with Gasteiger partial charge in [-0.2, -0.15) is 0 Å². The van der Waals surface area contributed by atoms with E-state index in [2.05, 4.69) is 65.5 Å². The predicted molar refractivity (Wildman–Crippen MR) is 129 cm³/mol. The lowest BCUT2D eigenvalue weighted by molar-refractivity contribution is 0.104. The van der Waals surface area contributed by atoms with Gasteiger partial charge in [-0.05, 0) is 81.4 Å². The number of aromatic amines is 1. The van der Waals surface area contributed by atoms with Crippen molar-refractivity contribution in [3.05, 3.63) is 29.5 Å². The monoisotopic (exact) mass is 430 g/mol. The molecule has 6 heteroatoms. The zero-order valence-corrected chi connectivity index (χ0v) is 19.8. The second-order valence-electron chi connectivity index (χ2n) is 8.38. The molecule has 1 aromatic carbocycles. The summed E-state index contributed by atoms with van der Waals surface area (Å²) in [7, 11) is 0. The van der Waals surface area contributed by atoms with Crippen molar-refractivity contribution < 1.29 is 0 Å². The summed E-state index contributed by atoms with van der Waals surface area (Å²) in [5.41, 5.74) is 4.34. The molecule has 158 valence electrons. The number of fused-ring (bicyclic) bond motifs is 2. The van der Waals surface area contributed by atoms with E-state index in [-0.39, 0.29) is 0 Å². The Bertz CT molecular complexity index is 873. The summed E-state index contributed by atoms with van der Waals surface area (Å²) in [4.78, 5) is 9.89. The van der Waals surface area contributed by atoms with Crippen LogP contribution in [-0.4, -0.2) is 64.4 Å². The maximum atomic E-state index is 5.75. The second-order valence-corrected chi connectivity index (χ2v) is 9.65. The van der Waals surface area contributed by atoms with Gasteiger partial charge in [-0.1, -0.05) is 6.92 Å². The summed E-state index contributed by atoms with van der Waals surface area (Å²) in [6.45, 7) is 10.8. The van der Waals surface area contributed by atoms with Crippen LogP contribution in [0.5, 0.6) is 0 Å². The van der Waals surface area contributed by atoms with Gasteiger partial charge in [-0.3, -0.25) is 4.90 Å². The van der Waals surface area contributed by atoms with Crippen LogP contribution in [0.2, 0.25) is 0 Å². The molecule has 0 unspecified atom stereocenters. The Balaban J connectivity index is 1.67. The molecule has 1 saturated heterocycles. The molecule has 3 atom stereocenters. The van der Waals surface area contributed by atoms with Crippen molar-refractivity contribution in [1.29, 1.82) is 0 Å². The number of benzene rings is 1. The van der Waals surface area contributed by atoms with Crippen LogP contribution in [-0.2, 0) is 6.42 Å². The molecule has 2 aromatic rings. The van der Waals surface area contributed by atoms with Gasteiger partial charge in [0.1, 0.15) is 0 Å². The molecule has 0 saturated carbocycles. The minimum absolute atomic E-state index is 0.407. The third-order valence-electron chi connectivity index (χ3n) is 6.75. The predicted octanol–water partition coefficient (Wildman–Crippen LogP) is 4.60. The highest BCUT2D eigenvalue weighted by atomic mass is 32.2. The van der Waals surface area contributed by atoms with Crippen LogP contribution < -0.4 is 5.32 Å². The van der Waals surface area contributed by atoms with Crippen molar-refractivity contribution in [2.24, 2.45) is 0 Å². The lowest BCUT2D eigenvalue weighted by Crippen LogP contribution is -2.57. The standard InChI is InChI=1S/C23H34N4S2/c1-5-8-27-14-16(25-23(28)26(6-2)7-3)10-18-19-11-17(29-4)12-20-22(19)15(13-24-20)9-21(18)27/h11-13,16,18,21,24H,5-10,14H2,1-4H3,(H,25,28)/t16-,18+,21+/m0/s1. The first-order valence-corrected chi connectivity index (χ1v) is 12.7. The molecule has 0 radical (unpaired) electrons. The van der Waals surface area contributed by atoms with Crippen LogP contribution in [0, 0.1) is 0 Å². The topological polar surface area (TPSA) is 34.3 Å². The molecular weight excluding hydrogens is 396 g/mol. The van der Waals surface area contributed by atoms with Gasteiger partial charge in [0.05, 0.1) is 0 Å². The lowest BCUT2D eigenvalue weighted by atomic mass is 9.74. The quantitative estimate of drug-likeness (QED) is 0.517. The van der Waals surface area contributed by atoms with Gasteiger partial charge in [-0.25, -0.2) is 0 Å². The third kappa shape index (κ3) is 3.91. The summed E-state index contributed by atoms with van der Waals surface area (Å²) in [6.07, 6.45) is 7.93. The SMILES string of the molecule is CCCN1C[C@@H](NC(=S)N(CC)CC)C[C@@H]2c3cc(SC)cc4[nH]cc(c34)C[C@H]21. The zero-order chi connectivity index (χ0) is 20.5. The Morgan fingerprint density at radius 1 is 1.31 bits per heavy atom. The van der Waals surface area contributed by atoms with E-state index in [0.29, 0.717) is 18.0 Å². The van der Waals surface area contributed by atoms with Gasteiger partial charge in [0.2, 0.25) is 0 Å². The number of nitrogens with one attached hydrogen (secondary N) is 2. The number of hydrogen-bond acceptors (Lipinski definition) is 3. The molecule has 2 aliphatic rings. The van der Waals surface area contributed by atoms with Crippen LogP contribution >= 0.6 is 24.0 Å². The number of hydrogen-bond donors (Lipinski definition) is 2. The number of likely N-dealkylation sites (tertiary alicyclic amines) is 1. The highest BCUT2D eigenvalue weighted by molar-refractivity contribution is 7.98. The number of rotatable bonds is 6. The first-order chi connectivity index (χ1) is 14.1. The fraction of sp³-hybridized carbons (Fsp3) is 0.609. The molecule has 0 spiro atoms. The maximum Gasteiger partial charge on any atom is 0.169 e. The van der Waals surface area contributed by atoms with Crippen molar-refractivity contribution in [2.45, 2.75) is 62.9 Å². The first-order valence-electron chi connectivity index (χ1n) is 11.1. The molecule has 0 bridgehead atoms. The van der Waals surface area contributed by atoms with Crippen molar-refractivity contribution in [1.82, 2.24) is 20.1 Å². The minimum Gasteiger partial charge on any atom is -0.361 e. The van der Waals surface area contributed by atoms with E-state index in [1.807, 2.05) is 11.8 Å². The Morgan fingerprint density at radius 2 is 2.10 bits per heavy atom. The van der Waals surface area contributed by atoms with Crippen molar-refractivity contribution in [3.63, 3.8) is 0 Å². The Kier molecular flexibility index (Phi) is 6.42. The molecule has 1 aromatic heterocycles. The van der Waals surface area contributed by atoms with Gasteiger partial charge >= 0.3 is 0 Å². The maximum absolute atomic E-state index is 5.75. The van der Waals surface area contributed by atoms with Gasteiger partial charge < -0.3 is 15.2 Å². The fourth-order valence-electron chi connectivity index (χ4n) is 5.39. The Hall–Kier alpha value is -1.24. The smallest absolute Gasteiger partial charge is 0.169 e. The highest BCUT2D eigenvalue weighted by Crippen LogP contribution is 2.44. The van der Waals surface area contributed by atoms with Crippen LogP contribution in [0.25, 0.3) is 10.9 Å². The molecular formula is C23H34N4S2. The first kappa shape index (κ1) is 21.0. The summed E-state index contributed by atoms with van der Waals surface area (Å²) in [5.74, 6) is 0.560. The number of nitrogens with zero attached hydrogens (tertiary/aromatic N) is 2. The number of thiocarbonyl (C=S) groups is 1. The van der Waals surface area contributed by atoms with Gasteiger partial charge in [0.25, 0.3) is 0 Å². The summed E-state index contributed by atoms with van der Waals surface area (Å²) < 4.78 is 0. The molecule has 4 nitrogen and oxygen atoms in total. The summed E-state index contributed by atoms with van der Waals surface area (Å²) in [6, 6.07) is 5.77. The second kappa shape index (κ2) is 8.86. The lowest BCUT2D eigenvalue weighted by Gasteiger charge is -2.48. The van der Waals surface area contributed by atoms with Crippen LogP contribution in [0.15, 0.2) is 23.2 Å². The van der Waals surface area contributed by atoms with E-state index in [4.69, 9.17) is 12.2 Å². The van der Waals surface area contributed by atoms with Gasteiger partial charge in [0, 0.05) is 59.6 Å². The largest absolute Gasteiger partial charge is 0.361 e. The van der Waals surface area contributed by atoms with Crippen molar-refractivity contribution in [2.75, 3.05) is 32.4 Å². The molecule has 0 amide bonds. The molecule has 4 rings (SSSR count). The minimum atomic E-state index is 0.407. The number of H-pyrrole nitrogens is 1. The van der Waals surface area contributed by atoms with E-state index >= 15 is 0 Å². The van der Waals surface area contributed by atoms with Crippen molar-refractivity contribution >= 4 is 40.0 Å². The fourth-order valence-corrected chi connectivity index (χ4v) is 6.29. The molecule has 2 N–H and O–H groups in total. The number of thioether (sulfide) groups is 1. The molecule has 2 heterocycles. The van der Waals surface area contributed by atoms with Crippen LogP contribution in [0.4, 0.5) is 0 Å². The number of aromatic nitrogens is 1. The molecule has 1 aliphatic carbocycles. The normalized spacial score (nSPS) is 23.8. The van der Waals surface area contributed by atoms with Crippen LogP contribution in [0.3, 0.4) is 0 Å². The third-order valence-corrected chi connectivity index (χ3v) is 7.83. The summed E-state index contributed by atoms with van der Waals surface area (Å²) >= 11 is 7.59. The molecule has 1 fully saturated rings. The van der Waals surface area contributed by atoms with E-state index in [1.165, 1.54) is 27.8 Å². The Morgan fingerprint density at radius 3 is 2.79 bits per heavy atom. The average molecular weight is 431 g/mol. The van der Waals surface area contributed by atoms with E-state index in [9.17, 15) is 0 Å². The summed E-state index contributed by atoms with van der Waals surface area (Å²) in [5, 5.41) is 6.12. The van der Waals surface area contributed by atoms with E-state index in [0.717, 1.165) is 44.1 Å². The highest BCUT2D eigenvalue weighted by Gasteiger charge is 2.41. The van der Waals surface area contributed by atoms with Crippen molar-refractivity contribution in [3.8, 4) is 0 Å². The van der Waals surface area contributed by atoms with E-state index < -0.39 is 0 Å². The average Bonchev–Trinajstić information content (AvgIpc) is 3.13. The number of piperidine rings is 1. The molecule has 29 heavy (non-hydrogen) atoms. The van der Waals surface area contributed by atoms with Gasteiger partial charge in [0.15, 0.2) is 5.11 Å². The van der Waals surface area contributed by atoms with Crippen LogP contribution in [0.1, 0.15) is 50.7 Å². The van der Waals surface area contributed by atoms with Gasteiger partial charge in [-0.15, -0.1) is 11.8 Å². The molecule has 1 aliphatic heterocycles. The Labute approximate surface area is 184 Å². The van der Waals surface area contributed by atoms with E-state index in [1.54, 1.807) is 5.56 Å². The zero-order valence-electron chi connectivity index (χ0n) is 18.1.